The average Bonchev–Trinajstić information content (AvgIpc) is 3.26. The van der Waals surface area contributed by atoms with Gasteiger partial charge in [-0.1, -0.05) is 44.2 Å². The van der Waals surface area contributed by atoms with E-state index in [4.69, 9.17) is 4.74 Å². The number of likely N-dealkylation sites (N-methyl/N-ethyl adjacent to an activating group) is 1. The van der Waals surface area contributed by atoms with E-state index < -0.39 is 0 Å². The van der Waals surface area contributed by atoms with Crippen LogP contribution in [0.1, 0.15) is 36.5 Å². The van der Waals surface area contributed by atoms with Crippen LogP contribution >= 0.6 is 11.8 Å². The molecule has 0 N–H and O–H groups in total. The molecule has 0 atom stereocenters. The molecule has 6 heteroatoms. The lowest BCUT2D eigenvalue weighted by atomic mass is 10.0. The molecule has 0 aliphatic carbocycles. The molecule has 0 saturated carbocycles. The number of hydrogen-bond donors (Lipinski definition) is 0. The smallest absolute Gasteiger partial charge is 0.266 e. The third kappa shape index (κ3) is 4.32. The fraction of sp³-hybridized carbons (Fsp3) is 0.308. The highest BCUT2D eigenvalue weighted by molar-refractivity contribution is 8.18. The summed E-state index contributed by atoms with van der Waals surface area (Å²) in [5, 5.41) is 1.84. The number of fused-ring (bicyclic) bond motifs is 1. The number of benzene rings is 2. The first-order chi connectivity index (χ1) is 15.4. The van der Waals surface area contributed by atoms with Gasteiger partial charge in [0.1, 0.15) is 12.4 Å². The van der Waals surface area contributed by atoms with Crippen LogP contribution in [0, 0.1) is 6.92 Å². The van der Waals surface area contributed by atoms with E-state index in [9.17, 15) is 4.79 Å². The molecule has 1 saturated heterocycles. The third-order valence-electron chi connectivity index (χ3n) is 5.68. The van der Waals surface area contributed by atoms with Crippen molar-refractivity contribution >= 4 is 39.8 Å². The lowest BCUT2D eigenvalue weighted by molar-refractivity contribution is -0.121. The minimum Gasteiger partial charge on any atom is -0.491 e. The molecule has 166 valence electrons. The first-order valence-corrected chi connectivity index (χ1v) is 11.7. The Morgan fingerprint density at radius 1 is 1.19 bits per heavy atom. The predicted octanol–water partition coefficient (Wildman–Crippen LogP) is 5.68. The van der Waals surface area contributed by atoms with Crippen LogP contribution in [0.25, 0.3) is 17.0 Å². The van der Waals surface area contributed by atoms with Crippen LogP contribution in [0.15, 0.2) is 58.6 Å². The standard InChI is InChI=1S/C26H29N3O2S/c1-17(2)20-11-10-18(3)14-23(20)31-13-12-29-16-19(21-8-6-7-9-22(21)29)15-24-25(30)28(5)26(27-4)32-24/h6-11,14-17H,12-13H2,1-5H3/b24-15-,27-26?. The van der Waals surface area contributed by atoms with Crippen molar-refractivity contribution in [3.63, 3.8) is 0 Å². The summed E-state index contributed by atoms with van der Waals surface area (Å²) in [4.78, 5) is 19.1. The Hall–Kier alpha value is -2.99. The Bertz CT molecular complexity index is 1220. The van der Waals surface area contributed by atoms with Crippen LogP contribution in [0.3, 0.4) is 0 Å². The molecule has 3 aromatic rings. The Morgan fingerprint density at radius 2 is 1.97 bits per heavy atom. The number of thioether (sulfide) groups is 1. The monoisotopic (exact) mass is 447 g/mol. The van der Waals surface area contributed by atoms with Gasteiger partial charge in [0.15, 0.2) is 5.17 Å². The lowest BCUT2D eigenvalue weighted by Gasteiger charge is -2.15. The van der Waals surface area contributed by atoms with Gasteiger partial charge in [0.05, 0.1) is 11.4 Å². The summed E-state index contributed by atoms with van der Waals surface area (Å²) in [7, 11) is 3.47. The largest absolute Gasteiger partial charge is 0.491 e. The number of carbonyl (C=O) groups excluding carboxylic acids is 1. The van der Waals surface area contributed by atoms with Crippen LogP contribution in [0.5, 0.6) is 5.75 Å². The normalized spacial score (nSPS) is 16.8. The minimum atomic E-state index is -0.0172. The quantitative estimate of drug-likeness (QED) is 0.457. The molecule has 5 nitrogen and oxygen atoms in total. The molecule has 1 aliphatic rings. The van der Waals surface area contributed by atoms with Gasteiger partial charge in [-0.3, -0.25) is 14.7 Å². The summed E-state index contributed by atoms with van der Waals surface area (Å²) in [5.41, 5.74) is 4.58. The number of nitrogens with zero attached hydrogens (tertiary/aromatic N) is 3. The summed E-state index contributed by atoms with van der Waals surface area (Å²) < 4.78 is 8.42. The molecule has 1 amide bonds. The number of aryl methyl sites for hydroxylation is 1. The van der Waals surface area contributed by atoms with Crippen molar-refractivity contribution < 1.29 is 9.53 Å². The molecule has 32 heavy (non-hydrogen) atoms. The number of rotatable bonds is 6. The van der Waals surface area contributed by atoms with E-state index in [2.05, 4.69) is 66.9 Å². The van der Waals surface area contributed by atoms with E-state index in [1.165, 1.54) is 22.9 Å². The Morgan fingerprint density at radius 3 is 2.69 bits per heavy atom. The minimum absolute atomic E-state index is 0.0172. The van der Waals surface area contributed by atoms with Gasteiger partial charge in [0.25, 0.3) is 5.91 Å². The zero-order chi connectivity index (χ0) is 22.8. The molecule has 0 radical (unpaired) electrons. The average molecular weight is 448 g/mol. The van der Waals surface area contributed by atoms with E-state index >= 15 is 0 Å². The summed E-state index contributed by atoms with van der Waals surface area (Å²) in [6.45, 7) is 7.75. The third-order valence-corrected chi connectivity index (χ3v) is 6.83. The maximum absolute atomic E-state index is 12.6. The lowest BCUT2D eigenvalue weighted by Crippen LogP contribution is -2.23. The summed E-state index contributed by atoms with van der Waals surface area (Å²) in [6.07, 6.45) is 4.08. The summed E-state index contributed by atoms with van der Waals surface area (Å²) in [6, 6.07) is 14.7. The number of para-hydroxylation sites is 1. The zero-order valence-electron chi connectivity index (χ0n) is 19.3. The highest BCUT2D eigenvalue weighted by Crippen LogP contribution is 2.33. The molecule has 2 aromatic carbocycles. The molecule has 0 unspecified atom stereocenters. The second-order valence-corrected chi connectivity index (χ2v) is 9.33. The van der Waals surface area contributed by atoms with E-state index in [1.54, 1.807) is 19.0 Å². The van der Waals surface area contributed by atoms with Gasteiger partial charge in [-0.2, -0.15) is 0 Å². The first-order valence-electron chi connectivity index (χ1n) is 10.8. The number of carbonyl (C=O) groups is 1. The maximum Gasteiger partial charge on any atom is 0.266 e. The predicted molar refractivity (Wildman–Crippen MR) is 134 cm³/mol. The Kier molecular flexibility index (Phi) is 6.42. The molecule has 0 spiro atoms. The molecule has 1 aromatic heterocycles. The van der Waals surface area contributed by atoms with Crippen LogP contribution in [-0.2, 0) is 11.3 Å². The van der Waals surface area contributed by atoms with Crippen LogP contribution in [-0.4, -0.2) is 41.2 Å². The maximum atomic E-state index is 12.6. The number of aromatic nitrogens is 1. The van der Waals surface area contributed by atoms with E-state index in [-0.39, 0.29) is 5.91 Å². The first kappa shape index (κ1) is 22.2. The summed E-state index contributed by atoms with van der Waals surface area (Å²) >= 11 is 1.41. The van der Waals surface area contributed by atoms with Crippen molar-refractivity contribution in [3.8, 4) is 5.75 Å². The Balaban J connectivity index is 1.59. The zero-order valence-corrected chi connectivity index (χ0v) is 20.1. The van der Waals surface area contributed by atoms with Gasteiger partial charge in [-0.25, -0.2) is 0 Å². The van der Waals surface area contributed by atoms with E-state index in [0.717, 1.165) is 33.9 Å². The topological polar surface area (TPSA) is 46.8 Å². The summed E-state index contributed by atoms with van der Waals surface area (Å²) in [5.74, 6) is 1.35. The number of amides is 1. The molecule has 1 aliphatic heterocycles. The van der Waals surface area contributed by atoms with Crippen molar-refractivity contribution in [1.29, 1.82) is 0 Å². The van der Waals surface area contributed by atoms with Crippen LogP contribution in [0.4, 0.5) is 0 Å². The molecule has 2 heterocycles. The molecular formula is C26H29N3O2S. The number of amidine groups is 1. The van der Waals surface area contributed by atoms with E-state index in [1.807, 2.05) is 18.2 Å². The number of aliphatic imine (C=N–C) groups is 1. The highest BCUT2D eigenvalue weighted by Gasteiger charge is 2.30. The van der Waals surface area contributed by atoms with Crippen LogP contribution in [0.2, 0.25) is 0 Å². The molecule has 4 rings (SSSR count). The van der Waals surface area contributed by atoms with Gasteiger partial charge in [0.2, 0.25) is 0 Å². The van der Waals surface area contributed by atoms with Gasteiger partial charge in [-0.05, 0) is 53.9 Å². The van der Waals surface area contributed by atoms with Gasteiger partial charge in [-0.15, -0.1) is 0 Å². The SMILES string of the molecule is CN=C1S/C(=C\c2cn(CCOc3cc(C)ccc3C(C)C)c3ccccc23)C(=O)N1C. The van der Waals surface area contributed by atoms with Gasteiger partial charge < -0.3 is 9.30 Å². The number of ether oxygens (including phenoxy) is 1. The molecular weight excluding hydrogens is 418 g/mol. The fourth-order valence-corrected chi connectivity index (χ4v) is 4.88. The van der Waals surface area contributed by atoms with Crippen molar-refractivity contribution in [2.75, 3.05) is 20.7 Å². The molecule has 0 bridgehead atoms. The second-order valence-electron chi connectivity index (χ2n) is 8.32. The number of hydrogen-bond acceptors (Lipinski definition) is 4. The van der Waals surface area contributed by atoms with Crippen molar-refractivity contribution in [3.05, 3.63) is 70.3 Å². The van der Waals surface area contributed by atoms with Crippen LogP contribution < -0.4 is 4.74 Å². The Labute approximate surface area is 193 Å². The van der Waals surface area contributed by atoms with Crippen molar-refractivity contribution in [2.24, 2.45) is 4.99 Å². The van der Waals surface area contributed by atoms with E-state index in [0.29, 0.717) is 17.4 Å². The highest BCUT2D eigenvalue weighted by atomic mass is 32.2. The van der Waals surface area contributed by atoms with Crippen molar-refractivity contribution in [2.45, 2.75) is 33.2 Å². The van der Waals surface area contributed by atoms with Gasteiger partial charge in [0, 0.05) is 36.8 Å². The van der Waals surface area contributed by atoms with Crippen molar-refractivity contribution in [1.82, 2.24) is 9.47 Å². The fourth-order valence-electron chi connectivity index (χ4n) is 3.96. The molecule has 1 fully saturated rings. The van der Waals surface area contributed by atoms with Gasteiger partial charge >= 0.3 is 0 Å². The second kappa shape index (κ2) is 9.25.